The molecule has 0 aliphatic carbocycles. The molecule has 1 N–H and O–H groups in total. The first kappa shape index (κ1) is 14.2. The first-order valence-corrected chi connectivity index (χ1v) is 6.32. The third-order valence-corrected chi connectivity index (χ3v) is 2.78. The van der Waals surface area contributed by atoms with Crippen LogP contribution < -0.4 is 5.32 Å². The molecule has 0 unspecified atom stereocenters. The molecule has 0 saturated heterocycles. The van der Waals surface area contributed by atoms with Crippen molar-refractivity contribution in [3.05, 3.63) is 47.2 Å². The normalized spacial score (nSPS) is 10.6. The van der Waals surface area contributed by atoms with Gasteiger partial charge in [-0.25, -0.2) is 13.5 Å². The molecule has 2 aromatic rings. The van der Waals surface area contributed by atoms with Gasteiger partial charge in [0.25, 0.3) is 5.91 Å². The fourth-order valence-electron chi connectivity index (χ4n) is 1.89. The molecular weight excluding hydrogens is 264 g/mol. The highest BCUT2D eigenvalue weighted by atomic mass is 19.2. The summed E-state index contributed by atoms with van der Waals surface area (Å²) in [5.41, 5.74) is 0.417. The standard InChI is InChI=1S/C14H15F2N3O/c1-3-7-19-12(8-9(2)18-19)17-14(20)10-5-4-6-11(15)13(10)16/h4-6,8H,3,7H2,1-2H3,(H,17,20). The molecule has 20 heavy (non-hydrogen) atoms. The molecule has 6 heteroatoms. The molecule has 0 spiro atoms. The molecular formula is C14H15F2N3O. The first-order valence-electron chi connectivity index (χ1n) is 6.32. The van der Waals surface area contributed by atoms with E-state index in [9.17, 15) is 13.6 Å². The van der Waals surface area contributed by atoms with Crippen molar-refractivity contribution in [2.45, 2.75) is 26.8 Å². The Morgan fingerprint density at radius 2 is 2.15 bits per heavy atom. The van der Waals surface area contributed by atoms with Gasteiger partial charge in [-0.15, -0.1) is 0 Å². The molecule has 0 atom stereocenters. The van der Waals surface area contributed by atoms with Crippen LogP contribution in [-0.2, 0) is 6.54 Å². The van der Waals surface area contributed by atoms with Gasteiger partial charge in [-0.3, -0.25) is 4.79 Å². The fourth-order valence-corrected chi connectivity index (χ4v) is 1.89. The number of halogens is 2. The van der Waals surface area contributed by atoms with Gasteiger partial charge < -0.3 is 5.32 Å². The Bertz CT molecular complexity index is 637. The van der Waals surface area contributed by atoms with Crippen LogP contribution in [-0.4, -0.2) is 15.7 Å². The smallest absolute Gasteiger partial charge is 0.259 e. The van der Waals surface area contributed by atoms with E-state index in [0.717, 1.165) is 18.2 Å². The number of carbonyl (C=O) groups excluding carboxylic acids is 1. The molecule has 0 bridgehead atoms. The van der Waals surface area contributed by atoms with Gasteiger partial charge >= 0.3 is 0 Å². The summed E-state index contributed by atoms with van der Waals surface area (Å²) in [4.78, 5) is 12.0. The number of hydrogen-bond donors (Lipinski definition) is 1. The van der Waals surface area contributed by atoms with E-state index in [1.54, 1.807) is 17.7 Å². The van der Waals surface area contributed by atoms with Crippen LogP contribution in [0.3, 0.4) is 0 Å². The highest BCUT2D eigenvalue weighted by Crippen LogP contribution is 2.16. The number of aryl methyl sites for hydroxylation is 2. The Labute approximate surface area is 115 Å². The molecule has 1 amide bonds. The van der Waals surface area contributed by atoms with Crippen LogP contribution in [0.1, 0.15) is 29.4 Å². The molecule has 0 radical (unpaired) electrons. The first-order chi connectivity index (χ1) is 9.52. The lowest BCUT2D eigenvalue weighted by Gasteiger charge is -2.08. The van der Waals surface area contributed by atoms with E-state index in [1.807, 2.05) is 6.92 Å². The Kier molecular flexibility index (Phi) is 4.12. The number of benzene rings is 1. The Balaban J connectivity index is 2.25. The topological polar surface area (TPSA) is 46.9 Å². The molecule has 1 aromatic heterocycles. The monoisotopic (exact) mass is 279 g/mol. The summed E-state index contributed by atoms with van der Waals surface area (Å²) >= 11 is 0. The Hall–Kier alpha value is -2.24. The van der Waals surface area contributed by atoms with Crippen molar-refractivity contribution in [1.29, 1.82) is 0 Å². The summed E-state index contributed by atoms with van der Waals surface area (Å²) in [5, 5.41) is 6.78. The second-order valence-corrected chi connectivity index (χ2v) is 4.45. The lowest BCUT2D eigenvalue weighted by atomic mass is 10.2. The highest BCUT2D eigenvalue weighted by molar-refractivity contribution is 6.04. The zero-order valence-corrected chi connectivity index (χ0v) is 11.3. The molecule has 0 aliphatic rings. The van der Waals surface area contributed by atoms with Crippen LogP contribution >= 0.6 is 0 Å². The molecule has 106 valence electrons. The number of nitrogens with one attached hydrogen (secondary N) is 1. The minimum Gasteiger partial charge on any atom is -0.307 e. The predicted molar refractivity (Wildman–Crippen MR) is 71.6 cm³/mol. The molecule has 1 heterocycles. The lowest BCUT2D eigenvalue weighted by Crippen LogP contribution is -2.17. The third-order valence-electron chi connectivity index (χ3n) is 2.78. The second-order valence-electron chi connectivity index (χ2n) is 4.45. The number of amides is 1. The quantitative estimate of drug-likeness (QED) is 0.934. The van der Waals surface area contributed by atoms with Crippen LogP contribution in [0.5, 0.6) is 0 Å². The summed E-state index contributed by atoms with van der Waals surface area (Å²) in [7, 11) is 0. The van der Waals surface area contributed by atoms with Crippen LogP contribution in [0.4, 0.5) is 14.6 Å². The average molecular weight is 279 g/mol. The van der Waals surface area contributed by atoms with Gasteiger partial charge in [0.05, 0.1) is 11.3 Å². The van der Waals surface area contributed by atoms with E-state index in [-0.39, 0.29) is 5.56 Å². The summed E-state index contributed by atoms with van der Waals surface area (Å²) in [6, 6.07) is 5.19. The van der Waals surface area contributed by atoms with E-state index < -0.39 is 17.5 Å². The summed E-state index contributed by atoms with van der Waals surface area (Å²) in [6.07, 6.45) is 0.846. The number of nitrogens with zero attached hydrogens (tertiary/aromatic N) is 2. The third kappa shape index (κ3) is 2.84. The number of aromatic nitrogens is 2. The van der Waals surface area contributed by atoms with E-state index in [0.29, 0.717) is 12.4 Å². The minimum atomic E-state index is -1.15. The zero-order valence-electron chi connectivity index (χ0n) is 11.3. The van der Waals surface area contributed by atoms with Gasteiger partial charge in [0.2, 0.25) is 0 Å². The number of hydrogen-bond acceptors (Lipinski definition) is 2. The second kappa shape index (κ2) is 5.81. The largest absolute Gasteiger partial charge is 0.307 e. The van der Waals surface area contributed by atoms with E-state index in [4.69, 9.17) is 0 Å². The maximum absolute atomic E-state index is 13.6. The minimum absolute atomic E-state index is 0.327. The highest BCUT2D eigenvalue weighted by Gasteiger charge is 2.16. The van der Waals surface area contributed by atoms with Crippen molar-refractivity contribution in [1.82, 2.24) is 9.78 Å². The predicted octanol–water partition coefficient (Wildman–Crippen LogP) is 3.13. The molecule has 1 aromatic carbocycles. The van der Waals surface area contributed by atoms with Crippen LogP contribution in [0, 0.1) is 18.6 Å². The summed E-state index contributed by atoms with van der Waals surface area (Å²) in [6.45, 7) is 4.41. The Morgan fingerprint density at radius 1 is 1.40 bits per heavy atom. The van der Waals surface area contributed by atoms with Gasteiger partial charge in [0, 0.05) is 12.6 Å². The van der Waals surface area contributed by atoms with E-state index in [1.165, 1.54) is 12.1 Å². The van der Waals surface area contributed by atoms with Crippen molar-refractivity contribution in [3.8, 4) is 0 Å². The maximum Gasteiger partial charge on any atom is 0.259 e. The van der Waals surface area contributed by atoms with Gasteiger partial charge in [0.15, 0.2) is 11.6 Å². The number of carbonyl (C=O) groups is 1. The summed E-state index contributed by atoms with van der Waals surface area (Å²) < 4.78 is 28.3. The van der Waals surface area contributed by atoms with E-state index >= 15 is 0 Å². The van der Waals surface area contributed by atoms with Crippen LogP contribution in [0.2, 0.25) is 0 Å². The van der Waals surface area contributed by atoms with Crippen LogP contribution in [0.25, 0.3) is 0 Å². The molecule has 4 nitrogen and oxygen atoms in total. The maximum atomic E-state index is 13.6. The van der Waals surface area contributed by atoms with Crippen molar-refractivity contribution in [2.75, 3.05) is 5.32 Å². The Morgan fingerprint density at radius 3 is 2.85 bits per heavy atom. The molecule has 0 aliphatic heterocycles. The number of rotatable bonds is 4. The SMILES string of the molecule is CCCn1nc(C)cc1NC(=O)c1cccc(F)c1F. The average Bonchev–Trinajstić information content (AvgIpc) is 2.73. The van der Waals surface area contributed by atoms with Gasteiger partial charge in [-0.2, -0.15) is 5.10 Å². The van der Waals surface area contributed by atoms with Crippen molar-refractivity contribution in [3.63, 3.8) is 0 Å². The van der Waals surface area contributed by atoms with Crippen molar-refractivity contribution < 1.29 is 13.6 Å². The van der Waals surface area contributed by atoms with Crippen LogP contribution in [0.15, 0.2) is 24.3 Å². The molecule has 0 saturated carbocycles. The van der Waals surface area contributed by atoms with Gasteiger partial charge in [-0.05, 0) is 25.5 Å². The fraction of sp³-hybridized carbons (Fsp3) is 0.286. The number of anilines is 1. The molecule has 2 rings (SSSR count). The van der Waals surface area contributed by atoms with E-state index in [2.05, 4.69) is 10.4 Å². The lowest BCUT2D eigenvalue weighted by molar-refractivity contribution is 0.102. The van der Waals surface area contributed by atoms with Crippen molar-refractivity contribution in [2.24, 2.45) is 0 Å². The van der Waals surface area contributed by atoms with Gasteiger partial charge in [0.1, 0.15) is 5.82 Å². The van der Waals surface area contributed by atoms with Gasteiger partial charge in [-0.1, -0.05) is 13.0 Å². The summed E-state index contributed by atoms with van der Waals surface area (Å²) in [5.74, 6) is -2.42. The molecule has 0 fully saturated rings. The van der Waals surface area contributed by atoms with Crippen molar-refractivity contribution >= 4 is 11.7 Å². The zero-order chi connectivity index (χ0) is 14.7.